The lowest BCUT2D eigenvalue weighted by Gasteiger charge is -2.21. The van der Waals surface area contributed by atoms with Crippen molar-refractivity contribution >= 4 is 57.1 Å². The minimum atomic E-state index is -0.276. The fourth-order valence-electron chi connectivity index (χ4n) is 3.34. The number of amides is 2. The maximum absolute atomic E-state index is 12.8. The van der Waals surface area contributed by atoms with E-state index in [2.05, 4.69) is 4.98 Å². The molecule has 8 heteroatoms. The van der Waals surface area contributed by atoms with E-state index in [4.69, 9.17) is 12.2 Å². The van der Waals surface area contributed by atoms with Gasteiger partial charge < -0.3 is 9.88 Å². The van der Waals surface area contributed by atoms with E-state index < -0.39 is 0 Å². The average molecular weight is 450 g/mol. The molecule has 4 rings (SSSR count). The van der Waals surface area contributed by atoms with Gasteiger partial charge in [-0.2, -0.15) is 0 Å². The summed E-state index contributed by atoms with van der Waals surface area (Å²) in [5.74, 6) is -0.538. The van der Waals surface area contributed by atoms with Gasteiger partial charge in [-0.3, -0.25) is 19.3 Å². The molecule has 0 radical (unpaired) electrons. The topological polar surface area (TPSA) is 73.5 Å². The number of aromatic nitrogens is 1. The molecular weight excluding hydrogens is 430 g/mol. The van der Waals surface area contributed by atoms with Gasteiger partial charge in [0.25, 0.3) is 5.91 Å². The Morgan fingerprint density at radius 1 is 1.13 bits per heavy atom. The number of likely N-dealkylation sites (N-methyl/N-ethyl adjacent to an activating group) is 1. The number of fused-ring (bicyclic) bond motifs is 1. The molecule has 2 aromatic carbocycles. The number of aromatic amines is 1. The Kier molecular flexibility index (Phi) is 6.01. The standard InChI is InChI=1S/C23H19N3O3S2/c1-25(13-16-12-20(27)24-18-10-6-5-9-17(16)18)21(28)14-26-22(29)19(31-23(26)30)11-15-7-3-2-4-8-15/h2-12H,13-14H2,1H3,(H,24,27)/b19-11-. The van der Waals surface area contributed by atoms with Gasteiger partial charge in [0.15, 0.2) is 0 Å². The second kappa shape index (κ2) is 8.87. The number of hydrogen-bond acceptors (Lipinski definition) is 5. The summed E-state index contributed by atoms with van der Waals surface area (Å²) in [7, 11) is 1.65. The molecule has 2 heterocycles. The smallest absolute Gasteiger partial charge is 0.266 e. The summed E-state index contributed by atoms with van der Waals surface area (Å²) in [6.45, 7) is 0.104. The molecule has 1 N–H and O–H groups in total. The molecule has 1 fully saturated rings. The number of thiocarbonyl (C=S) groups is 1. The summed E-state index contributed by atoms with van der Waals surface area (Å²) >= 11 is 6.53. The summed E-state index contributed by atoms with van der Waals surface area (Å²) < 4.78 is 0.357. The molecule has 0 unspecified atom stereocenters. The fraction of sp³-hybridized carbons (Fsp3) is 0.130. The minimum Gasteiger partial charge on any atom is -0.340 e. The maximum Gasteiger partial charge on any atom is 0.266 e. The first-order valence-corrected chi connectivity index (χ1v) is 10.8. The van der Waals surface area contributed by atoms with E-state index >= 15 is 0 Å². The van der Waals surface area contributed by atoms with Gasteiger partial charge in [0.05, 0.1) is 4.91 Å². The summed E-state index contributed by atoms with van der Waals surface area (Å²) in [6.07, 6.45) is 1.77. The average Bonchev–Trinajstić information content (AvgIpc) is 3.01. The highest BCUT2D eigenvalue weighted by Crippen LogP contribution is 2.32. The van der Waals surface area contributed by atoms with Crippen LogP contribution in [0.4, 0.5) is 0 Å². The molecule has 2 amide bonds. The highest BCUT2D eigenvalue weighted by Gasteiger charge is 2.34. The lowest BCUT2D eigenvalue weighted by molar-refractivity contribution is -0.134. The van der Waals surface area contributed by atoms with Gasteiger partial charge in [0, 0.05) is 30.6 Å². The van der Waals surface area contributed by atoms with Crippen molar-refractivity contribution in [3.8, 4) is 0 Å². The molecule has 0 saturated carbocycles. The number of hydrogen-bond donors (Lipinski definition) is 1. The van der Waals surface area contributed by atoms with Crippen LogP contribution in [0.3, 0.4) is 0 Å². The predicted molar refractivity (Wildman–Crippen MR) is 127 cm³/mol. The zero-order chi connectivity index (χ0) is 22.0. The number of thioether (sulfide) groups is 1. The van der Waals surface area contributed by atoms with Crippen molar-refractivity contribution < 1.29 is 9.59 Å². The number of H-pyrrole nitrogens is 1. The SMILES string of the molecule is CN(Cc1cc(=O)[nH]c2ccccc12)C(=O)CN1C(=O)/C(=C/c2ccccc2)SC1=S. The third-order valence-electron chi connectivity index (χ3n) is 4.93. The number of benzene rings is 2. The molecule has 31 heavy (non-hydrogen) atoms. The highest BCUT2D eigenvalue weighted by atomic mass is 32.2. The van der Waals surface area contributed by atoms with Crippen molar-refractivity contribution in [3.05, 3.63) is 87.0 Å². The van der Waals surface area contributed by atoms with Crippen LogP contribution < -0.4 is 5.56 Å². The number of nitrogens with one attached hydrogen (secondary N) is 1. The summed E-state index contributed by atoms with van der Waals surface area (Å²) in [5, 5.41) is 0.873. The molecule has 156 valence electrons. The van der Waals surface area contributed by atoms with Crippen LogP contribution in [-0.2, 0) is 16.1 Å². The molecule has 3 aromatic rings. The summed E-state index contributed by atoms with van der Waals surface area (Å²) in [4.78, 5) is 43.7. The Morgan fingerprint density at radius 3 is 2.61 bits per heavy atom. The number of carbonyl (C=O) groups excluding carboxylic acids is 2. The highest BCUT2D eigenvalue weighted by molar-refractivity contribution is 8.26. The number of pyridine rings is 1. The van der Waals surface area contributed by atoms with Crippen molar-refractivity contribution in [2.24, 2.45) is 0 Å². The number of carbonyl (C=O) groups is 2. The molecule has 6 nitrogen and oxygen atoms in total. The van der Waals surface area contributed by atoms with Gasteiger partial charge in [-0.05, 0) is 23.3 Å². The Labute approximate surface area is 188 Å². The minimum absolute atomic E-state index is 0.144. The van der Waals surface area contributed by atoms with Crippen molar-refractivity contribution in [1.29, 1.82) is 0 Å². The lowest BCUT2D eigenvalue weighted by atomic mass is 10.1. The molecule has 1 aromatic heterocycles. The van der Waals surface area contributed by atoms with Gasteiger partial charge in [-0.15, -0.1) is 0 Å². The summed E-state index contributed by atoms with van der Waals surface area (Å²) in [5.41, 5.74) is 2.13. The van der Waals surface area contributed by atoms with Crippen LogP contribution in [0.5, 0.6) is 0 Å². The molecular formula is C23H19N3O3S2. The summed E-state index contributed by atoms with van der Waals surface area (Å²) in [6, 6.07) is 18.4. The first-order chi connectivity index (χ1) is 14.9. The van der Waals surface area contributed by atoms with Crippen molar-refractivity contribution in [1.82, 2.24) is 14.8 Å². The molecule has 0 atom stereocenters. The van der Waals surface area contributed by atoms with E-state index in [-0.39, 0.29) is 30.5 Å². The van der Waals surface area contributed by atoms with E-state index in [0.29, 0.717) is 14.7 Å². The fourth-order valence-corrected chi connectivity index (χ4v) is 4.60. The first-order valence-electron chi connectivity index (χ1n) is 9.58. The molecule has 1 saturated heterocycles. The zero-order valence-corrected chi connectivity index (χ0v) is 18.3. The predicted octanol–water partition coefficient (Wildman–Crippen LogP) is 3.39. The van der Waals surface area contributed by atoms with Gasteiger partial charge in [-0.1, -0.05) is 72.5 Å². The number of rotatable bonds is 5. The maximum atomic E-state index is 12.8. The third kappa shape index (κ3) is 4.60. The Bertz CT molecular complexity index is 1270. The zero-order valence-electron chi connectivity index (χ0n) is 16.7. The van der Waals surface area contributed by atoms with E-state index in [1.54, 1.807) is 13.1 Å². The lowest BCUT2D eigenvalue weighted by Crippen LogP contribution is -2.40. The molecule has 0 bridgehead atoms. The third-order valence-corrected chi connectivity index (χ3v) is 6.31. The van der Waals surface area contributed by atoms with Gasteiger partial charge in [0.2, 0.25) is 11.5 Å². The van der Waals surface area contributed by atoms with Crippen LogP contribution in [0.25, 0.3) is 17.0 Å². The van der Waals surface area contributed by atoms with Gasteiger partial charge in [-0.25, -0.2) is 0 Å². The molecule has 1 aliphatic heterocycles. The van der Waals surface area contributed by atoms with Crippen molar-refractivity contribution in [3.63, 3.8) is 0 Å². The Hall–Kier alpha value is -3.23. The van der Waals surface area contributed by atoms with Crippen LogP contribution >= 0.6 is 24.0 Å². The van der Waals surface area contributed by atoms with Crippen LogP contribution in [0.2, 0.25) is 0 Å². The largest absolute Gasteiger partial charge is 0.340 e. The molecule has 1 aliphatic rings. The van der Waals surface area contributed by atoms with Crippen LogP contribution in [0.1, 0.15) is 11.1 Å². The van der Waals surface area contributed by atoms with E-state index in [9.17, 15) is 14.4 Å². The number of para-hydroxylation sites is 1. The van der Waals surface area contributed by atoms with E-state index in [1.807, 2.05) is 54.6 Å². The quantitative estimate of drug-likeness (QED) is 0.478. The van der Waals surface area contributed by atoms with Crippen molar-refractivity contribution in [2.45, 2.75) is 6.54 Å². The van der Waals surface area contributed by atoms with Gasteiger partial charge >= 0.3 is 0 Å². The first kappa shape index (κ1) is 21.0. The Balaban J connectivity index is 1.48. The second-order valence-corrected chi connectivity index (χ2v) is 8.81. The van der Waals surface area contributed by atoms with Crippen LogP contribution in [0.15, 0.2) is 70.4 Å². The monoisotopic (exact) mass is 449 g/mol. The van der Waals surface area contributed by atoms with Crippen molar-refractivity contribution in [2.75, 3.05) is 13.6 Å². The molecule has 0 aliphatic carbocycles. The normalized spacial score (nSPS) is 15.1. The Morgan fingerprint density at radius 2 is 1.84 bits per heavy atom. The van der Waals surface area contributed by atoms with Crippen LogP contribution in [-0.4, -0.2) is 44.5 Å². The molecule has 0 spiro atoms. The van der Waals surface area contributed by atoms with Gasteiger partial charge in [0.1, 0.15) is 10.9 Å². The van der Waals surface area contributed by atoms with E-state index in [1.165, 1.54) is 27.6 Å². The van der Waals surface area contributed by atoms with Crippen LogP contribution in [0, 0.1) is 0 Å². The number of nitrogens with zero attached hydrogens (tertiary/aromatic N) is 2. The van der Waals surface area contributed by atoms with E-state index in [0.717, 1.165) is 16.5 Å². The second-order valence-electron chi connectivity index (χ2n) is 7.13.